The van der Waals surface area contributed by atoms with Crippen molar-refractivity contribution in [2.75, 3.05) is 19.6 Å². The summed E-state index contributed by atoms with van der Waals surface area (Å²) < 4.78 is 27.4. The van der Waals surface area contributed by atoms with Crippen LogP contribution in [0.4, 0.5) is 8.78 Å². The number of benzene rings is 3. The number of nitrogens with one attached hydrogen (secondary N) is 1. The van der Waals surface area contributed by atoms with E-state index in [1.165, 1.54) is 31.0 Å². The van der Waals surface area contributed by atoms with E-state index in [0.717, 1.165) is 61.3 Å². The molecule has 1 aliphatic carbocycles. The highest BCUT2D eigenvalue weighted by atomic mass is 19.2. The largest absolute Gasteiger partial charge is 0.342 e. The normalized spacial score (nSPS) is 17.6. The predicted molar refractivity (Wildman–Crippen MR) is 141 cm³/mol. The highest BCUT2D eigenvalue weighted by Crippen LogP contribution is 2.41. The third kappa shape index (κ3) is 5.01. The summed E-state index contributed by atoms with van der Waals surface area (Å²) in [6.07, 6.45) is 6.51. The Balaban J connectivity index is 1.25. The molecule has 0 amide bonds. The molecule has 2 heterocycles. The Morgan fingerprint density at radius 2 is 1.73 bits per heavy atom. The number of H-pyrrole nitrogens is 1. The number of aryl methyl sites for hydroxylation is 1. The van der Waals surface area contributed by atoms with E-state index >= 15 is 0 Å². The van der Waals surface area contributed by atoms with Crippen LogP contribution in [0.1, 0.15) is 49.1 Å². The maximum atomic E-state index is 13.7. The average Bonchev–Trinajstić information content (AvgIpc) is 3.66. The van der Waals surface area contributed by atoms with Crippen molar-refractivity contribution in [3.05, 3.63) is 89.2 Å². The molecule has 37 heavy (non-hydrogen) atoms. The van der Waals surface area contributed by atoms with Crippen molar-refractivity contribution >= 4 is 11.0 Å². The lowest BCUT2D eigenvalue weighted by Gasteiger charge is -2.42. The predicted octanol–water partition coefficient (Wildman–Crippen LogP) is 6.76. The summed E-state index contributed by atoms with van der Waals surface area (Å²) in [5.41, 5.74) is 5.14. The second-order valence-corrected chi connectivity index (χ2v) is 10.8. The van der Waals surface area contributed by atoms with Crippen molar-refractivity contribution in [3.63, 3.8) is 0 Å². The number of imidazole rings is 1. The summed E-state index contributed by atoms with van der Waals surface area (Å²) in [6, 6.07) is 21.1. The van der Waals surface area contributed by atoms with Crippen LogP contribution >= 0.6 is 0 Å². The van der Waals surface area contributed by atoms with E-state index in [4.69, 9.17) is 0 Å². The zero-order valence-electron chi connectivity index (χ0n) is 20.8. The van der Waals surface area contributed by atoms with E-state index in [-0.39, 0.29) is 5.41 Å². The molecule has 0 bridgehead atoms. The molecule has 6 rings (SSSR count). The van der Waals surface area contributed by atoms with Gasteiger partial charge in [-0.25, -0.2) is 13.8 Å². The van der Waals surface area contributed by atoms with Gasteiger partial charge < -0.3 is 9.88 Å². The number of hydrogen-bond donors (Lipinski definition) is 1. The first-order valence-corrected chi connectivity index (χ1v) is 13.2. The molecule has 1 saturated carbocycles. The van der Waals surface area contributed by atoms with Crippen LogP contribution in [0.5, 0.6) is 0 Å². The van der Waals surface area contributed by atoms with Gasteiger partial charge in [0.2, 0.25) is 0 Å². The van der Waals surface area contributed by atoms with Gasteiger partial charge in [0.15, 0.2) is 11.6 Å². The summed E-state index contributed by atoms with van der Waals surface area (Å²) in [5.74, 6) is -0.0786. The average molecular weight is 497 g/mol. The summed E-state index contributed by atoms with van der Waals surface area (Å²) >= 11 is 0. The molecule has 2 fully saturated rings. The molecule has 6 heteroatoms. The first-order valence-electron chi connectivity index (χ1n) is 13.2. The van der Waals surface area contributed by atoms with E-state index in [1.807, 2.05) is 24.3 Å². The lowest BCUT2D eigenvalue weighted by atomic mass is 9.69. The van der Waals surface area contributed by atoms with Gasteiger partial charge in [0.05, 0.1) is 22.7 Å². The zero-order valence-corrected chi connectivity index (χ0v) is 20.8. The Hall–Kier alpha value is -3.56. The zero-order chi connectivity index (χ0) is 25.4. The molecule has 3 aromatic carbocycles. The van der Waals surface area contributed by atoms with Crippen LogP contribution in [0, 0.1) is 28.9 Å². The van der Waals surface area contributed by atoms with Gasteiger partial charge in [-0.05, 0) is 85.3 Å². The molecule has 1 saturated heterocycles. The number of halogens is 2. The van der Waals surface area contributed by atoms with Crippen molar-refractivity contribution in [2.24, 2.45) is 5.92 Å². The molecule has 1 aromatic heterocycles. The number of hydrogen-bond acceptors (Lipinski definition) is 3. The first kappa shape index (κ1) is 23.8. The van der Waals surface area contributed by atoms with Crippen molar-refractivity contribution < 1.29 is 8.78 Å². The summed E-state index contributed by atoms with van der Waals surface area (Å²) in [4.78, 5) is 10.4. The van der Waals surface area contributed by atoms with Crippen LogP contribution in [-0.2, 0) is 11.8 Å². The van der Waals surface area contributed by atoms with Crippen LogP contribution in [0.25, 0.3) is 22.2 Å². The molecule has 0 atom stereocenters. The molecule has 0 unspecified atom stereocenters. The van der Waals surface area contributed by atoms with E-state index < -0.39 is 11.6 Å². The van der Waals surface area contributed by atoms with Crippen LogP contribution in [0.15, 0.2) is 60.7 Å². The summed E-state index contributed by atoms with van der Waals surface area (Å²) in [5, 5.41) is 9.26. The Kier molecular flexibility index (Phi) is 6.26. The van der Waals surface area contributed by atoms with Gasteiger partial charge in [-0.1, -0.05) is 36.4 Å². The lowest BCUT2D eigenvalue weighted by Crippen LogP contribution is -2.43. The van der Waals surface area contributed by atoms with Crippen molar-refractivity contribution in [2.45, 2.75) is 43.9 Å². The maximum Gasteiger partial charge on any atom is 0.161 e. The third-order valence-corrected chi connectivity index (χ3v) is 8.26. The molecule has 188 valence electrons. The van der Waals surface area contributed by atoms with Crippen LogP contribution in [0.2, 0.25) is 0 Å². The van der Waals surface area contributed by atoms with E-state index in [2.05, 4.69) is 45.2 Å². The van der Waals surface area contributed by atoms with E-state index in [0.29, 0.717) is 23.0 Å². The van der Waals surface area contributed by atoms with Gasteiger partial charge in [-0.15, -0.1) is 0 Å². The lowest BCUT2D eigenvalue weighted by molar-refractivity contribution is 0.146. The van der Waals surface area contributed by atoms with Crippen molar-refractivity contribution in [1.29, 1.82) is 5.26 Å². The van der Waals surface area contributed by atoms with E-state index in [1.54, 1.807) is 0 Å². The van der Waals surface area contributed by atoms with E-state index in [9.17, 15) is 14.0 Å². The van der Waals surface area contributed by atoms with Crippen LogP contribution in [0.3, 0.4) is 0 Å². The van der Waals surface area contributed by atoms with Gasteiger partial charge in [-0.3, -0.25) is 0 Å². The number of aromatic nitrogens is 2. The molecule has 0 spiro atoms. The molecule has 1 N–H and O–H groups in total. The van der Waals surface area contributed by atoms with Crippen molar-refractivity contribution in [1.82, 2.24) is 14.9 Å². The highest BCUT2D eigenvalue weighted by Gasteiger charge is 2.37. The third-order valence-electron chi connectivity index (χ3n) is 8.26. The van der Waals surface area contributed by atoms with Gasteiger partial charge in [0.1, 0.15) is 5.82 Å². The second-order valence-electron chi connectivity index (χ2n) is 10.8. The number of nitriles is 1. The minimum Gasteiger partial charge on any atom is -0.342 e. The first-order chi connectivity index (χ1) is 18.0. The Morgan fingerprint density at radius 1 is 0.973 bits per heavy atom. The molecule has 0 radical (unpaired) electrons. The smallest absolute Gasteiger partial charge is 0.161 e. The topological polar surface area (TPSA) is 55.7 Å². The fourth-order valence-corrected chi connectivity index (χ4v) is 5.83. The monoisotopic (exact) mass is 496 g/mol. The highest BCUT2D eigenvalue weighted by molar-refractivity contribution is 5.75. The van der Waals surface area contributed by atoms with Gasteiger partial charge >= 0.3 is 0 Å². The minimum absolute atomic E-state index is 0.0164. The summed E-state index contributed by atoms with van der Waals surface area (Å²) in [7, 11) is 0. The Labute approximate surface area is 216 Å². The summed E-state index contributed by atoms with van der Waals surface area (Å²) in [6.45, 7) is 3.38. The van der Waals surface area contributed by atoms with Crippen LogP contribution in [-0.4, -0.2) is 34.5 Å². The second kappa shape index (κ2) is 9.72. The quantitative estimate of drug-likeness (QED) is 0.308. The molecule has 4 aromatic rings. The standard InChI is InChI=1S/C31H30F2N4/c32-26-17-28-29(18-27(26)33)36-30(35-28)10-11-31(12-14-37(15-13-31)20-21-4-5-21)25-8-6-23(7-9-25)24-3-1-2-22(16-24)19-34/h1-3,6-9,16-18,21H,4-5,10-15,20H2,(H,35,36). The van der Waals surface area contributed by atoms with Crippen LogP contribution < -0.4 is 0 Å². The molecule has 1 aliphatic heterocycles. The van der Waals surface area contributed by atoms with Crippen molar-refractivity contribution in [3.8, 4) is 17.2 Å². The fraction of sp³-hybridized carbons (Fsp3) is 0.355. The number of aromatic amines is 1. The number of piperidine rings is 1. The number of fused-ring (bicyclic) bond motifs is 1. The fourth-order valence-electron chi connectivity index (χ4n) is 5.83. The Morgan fingerprint density at radius 3 is 2.46 bits per heavy atom. The number of likely N-dealkylation sites (tertiary alicyclic amines) is 1. The molecular weight excluding hydrogens is 466 g/mol. The number of rotatable bonds is 7. The minimum atomic E-state index is -0.870. The maximum absolute atomic E-state index is 13.7. The van der Waals surface area contributed by atoms with Gasteiger partial charge in [0.25, 0.3) is 0 Å². The van der Waals surface area contributed by atoms with Gasteiger partial charge in [-0.2, -0.15) is 5.26 Å². The molecular formula is C31H30F2N4. The molecule has 2 aliphatic rings. The SMILES string of the molecule is N#Cc1cccc(-c2ccc(C3(CCc4nc5cc(F)c(F)cc5[nH]4)CCN(CC4CC4)CC3)cc2)c1. The number of nitrogens with zero attached hydrogens (tertiary/aromatic N) is 3. The Bertz CT molecular complexity index is 1420. The molecule has 4 nitrogen and oxygen atoms in total. The van der Waals surface area contributed by atoms with Gasteiger partial charge in [0, 0.05) is 25.1 Å².